The summed E-state index contributed by atoms with van der Waals surface area (Å²) in [5, 5.41) is 12.2. The van der Waals surface area contributed by atoms with Crippen molar-refractivity contribution >= 4 is 0 Å². The zero-order valence-electron chi connectivity index (χ0n) is 11.7. The van der Waals surface area contributed by atoms with Gasteiger partial charge in [0, 0.05) is 12.1 Å². The molecule has 6 heteroatoms. The Morgan fingerprint density at radius 3 is 2.53 bits per heavy atom. The van der Waals surface area contributed by atoms with Crippen molar-refractivity contribution in [2.75, 3.05) is 13.6 Å². The second-order valence-electron chi connectivity index (χ2n) is 5.58. The molecule has 1 rings (SSSR count). The Balaban J connectivity index is 2.83. The average molecular weight is 277 g/mol. The lowest BCUT2D eigenvalue weighted by atomic mass is 9.79. The van der Waals surface area contributed by atoms with Gasteiger partial charge in [0.1, 0.15) is 5.54 Å². The van der Waals surface area contributed by atoms with E-state index in [-0.39, 0.29) is 12.1 Å². The summed E-state index contributed by atoms with van der Waals surface area (Å²) in [5.74, 6) is 0. The maximum absolute atomic E-state index is 12.7. The molecule has 0 aromatic carbocycles. The maximum Gasteiger partial charge on any atom is 0.401 e. The minimum Gasteiger partial charge on any atom is -0.302 e. The Kier molecular flexibility index (Phi) is 5.22. The smallest absolute Gasteiger partial charge is 0.302 e. The summed E-state index contributed by atoms with van der Waals surface area (Å²) in [6, 6.07) is 1.86. The first-order valence-electron chi connectivity index (χ1n) is 6.66. The summed E-state index contributed by atoms with van der Waals surface area (Å²) >= 11 is 0. The molecule has 0 saturated heterocycles. The zero-order chi connectivity index (χ0) is 14.7. The van der Waals surface area contributed by atoms with Crippen molar-refractivity contribution < 1.29 is 13.2 Å². The van der Waals surface area contributed by atoms with Gasteiger partial charge in [0.2, 0.25) is 0 Å². The predicted octanol–water partition coefficient (Wildman–Crippen LogP) is 2.68. The van der Waals surface area contributed by atoms with Gasteiger partial charge in [-0.2, -0.15) is 18.4 Å². The average Bonchev–Trinajstić information content (AvgIpc) is 2.34. The summed E-state index contributed by atoms with van der Waals surface area (Å²) in [6.45, 7) is 2.64. The molecule has 0 bridgehead atoms. The van der Waals surface area contributed by atoms with Crippen molar-refractivity contribution in [1.29, 1.82) is 5.26 Å². The SMILES string of the molecule is CNC1(C#N)CCCC(N(CC(F)(F)F)C(C)C)C1. The van der Waals surface area contributed by atoms with Crippen molar-refractivity contribution in [2.24, 2.45) is 0 Å². The van der Waals surface area contributed by atoms with Crippen molar-refractivity contribution in [1.82, 2.24) is 10.2 Å². The lowest BCUT2D eigenvalue weighted by Gasteiger charge is -2.43. The van der Waals surface area contributed by atoms with Crippen LogP contribution in [0.1, 0.15) is 39.5 Å². The molecule has 110 valence electrons. The largest absolute Gasteiger partial charge is 0.401 e. The van der Waals surface area contributed by atoms with Gasteiger partial charge in [-0.1, -0.05) is 0 Å². The van der Waals surface area contributed by atoms with Crippen molar-refractivity contribution in [3.8, 4) is 6.07 Å². The van der Waals surface area contributed by atoms with Crippen LogP contribution in [-0.4, -0.2) is 42.3 Å². The van der Waals surface area contributed by atoms with Crippen LogP contribution in [-0.2, 0) is 0 Å². The van der Waals surface area contributed by atoms with E-state index < -0.39 is 18.3 Å². The van der Waals surface area contributed by atoms with Gasteiger partial charge in [-0.05, 0) is 46.6 Å². The van der Waals surface area contributed by atoms with E-state index in [2.05, 4.69) is 11.4 Å². The molecule has 2 unspecified atom stereocenters. The summed E-state index contributed by atoms with van der Waals surface area (Å²) in [7, 11) is 1.70. The van der Waals surface area contributed by atoms with Crippen molar-refractivity contribution in [3.63, 3.8) is 0 Å². The van der Waals surface area contributed by atoms with Crippen LogP contribution in [0, 0.1) is 11.3 Å². The molecule has 3 nitrogen and oxygen atoms in total. The third-order valence-corrected chi connectivity index (χ3v) is 3.91. The standard InChI is InChI=1S/C13H22F3N3/c1-10(2)19(9-13(14,15)16)11-5-4-6-12(7-11,8-17)18-3/h10-11,18H,4-7,9H2,1-3H3. The highest BCUT2D eigenvalue weighted by atomic mass is 19.4. The van der Waals surface area contributed by atoms with Crippen LogP contribution in [0.15, 0.2) is 0 Å². The van der Waals surface area contributed by atoms with E-state index in [1.165, 1.54) is 4.90 Å². The Morgan fingerprint density at radius 1 is 1.47 bits per heavy atom. The third-order valence-electron chi connectivity index (χ3n) is 3.91. The fraction of sp³-hybridized carbons (Fsp3) is 0.923. The number of alkyl halides is 3. The molecule has 2 atom stereocenters. The Morgan fingerprint density at radius 2 is 2.11 bits per heavy atom. The van der Waals surface area contributed by atoms with E-state index in [0.29, 0.717) is 12.8 Å². The third kappa shape index (κ3) is 4.36. The van der Waals surface area contributed by atoms with Crippen LogP contribution in [0.3, 0.4) is 0 Å². The Bertz CT molecular complexity index is 335. The molecule has 0 radical (unpaired) electrons. The van der Waals surface area contributed by atoms with Crippen LogP contribution >= 0.6 is 0 Å². The molecule has 1 fully saturated rings. The number of hydrogen-bond donors (Lipinski definition) is 1. The number of rotatable bonds is 4. The van der Waals surface area contributed by atoms with Gasteiger partial charge in [-0.3, -0.25) is 4.90 Å². The van der Waals surface area contributed by atoms with E-state index in [1.807, 2.05) is 0 Å². The van der Waals surface area contributed by atoms with Gasteiger partial charge in [-0.25, -0.2) is 0 Å². The highest BCUT2D eigenvalue weighted by Crippen LogP contribution is 2.33. The molecule has 1 N–H and O–H groups in total. The minimum absolute atomic E-state index is 0.182. The van der Waals surface area contributed by atoms with Crippen LogP contribution in [0.2, 0.25) is 0 Å². The number of hydrogen-bond acceptors (Lipinski definition) is 3. The summed E-state index contributed by atoms with van der Waals surface area (Å²) in [6.07, 6.45) is -1.54. The van der Waals surface area contributed by atoms with Crippen LogP contribution < -0.4 is 5.32 Å². The highest BCUT2D eigenvalue weighted by Gasteiger charge is 2.41. The summed E-state index contributed by atoms with van der Waals surface area (Å²) < 4.78 is 38.0. The van der Waals surface area contributed by atoms with E-state index in [0.717, 1.165) is 12.8 Å². The predicted molar refractivity (Wildman–Crippen MR) is 67.6 cm³/mol. The number of nitrogens with one attached hydrogen (secondary N) is 1. The van der Waals surface area contributed by atoms with Gasteiger partial charge < -0.3 is 5.32 Å². The fourth-order valence-corrected chi connectivity index (χ4v) is 2.85. The highest BCUT2D eigenvalue weighted by molar-refractivity contribution is 5.10. The quantitative estimate of drug-likeness (QED) is 0.858. The van der Waals surface area contributed by atoms with Gasteiger partial charge in [0.25, 0.3) is 0 Å². The van der Waals surface area contributed by atoms with Crippen LogP contribution in [0.4, 0.5) is 13.2 Å². The maximum atomic E-state index is 12.7. The number of halogens is 3. The lowest BCUT2D eigenvalue weighted by molar-refractivity contribution is -0.157. The van der Waals surface area contributed by atoms with Gasteiger partial charge in [0.15, 0.2) is 0 Å². The molecule has 1 aliphatic rings. The van der Waals surface area contributed by atoms with Crippen LogP contribution in [0.5, 0.6) is 0 Å². The monoisotopic (exact) mass is 277 g/mol. The lowest BCUT2D eigenvalue weighted by Crippen LogP contribution is -2.54. The first kappa shape index (κ1) is 16.3. The molecular weight excluding hydrogens is 255 g/mol. The van der Waals surface area contributed by atoms with Crippen molar-refractivity contribution in [2.45, 2.75) is 63.3 Å². The second-order valence-corrected chi connectivity index (χ2v) is 5.58. The first-order chi connectivity index (χ1) is 8.73. The molecule has 0 aliphatic heterocycles. The minimum atomic E-state index is -4.20. The normalized spacial score (nSPS) is 28.7. The molecule has 0 heterocycles. The van der Waals surface area contributed by atoms with E-state index >= 15 is 0 Å². The van der Waals surface area contributed by atoms with Gasteiger partial charge in [0.05, 0.1) is 12.6 Å². The van der Waals surface area contributed by atoms with Gasteiger partial charge >= 0.3 is 6.18 Å². The van der Waals surface area contributed by atoms with E-state index in [1.54, 1.807) is 20.9 Å². The summed E-state index contributed by atoms with van der Waals surface area (Å²) in [4.78, 5) is 1.47. The number of nitrogens with zero attached hydrogens (tertiary/aromatic N) is 2. The van der Waals surface area contributed by atoms with Gasteiger partial charge in [-0.15, -0.1) is 0 Å². The molecule has 0 aromatic heterocycles. The molecular formula is C13H22F3N3. The number of nitriles is 1. The van der Waals surface area contributed by atoms with E-state index in [9.17, 15) is 18.4 Å². The Labute approximate surface area is 112 Å². The molecule has 0 aromatic rings. The van der Waals surface area contributed by atoms with Crippen molar-refractivity contribution in [3.05, 3.63) is 0 Å². The zero-order valence-corrected chi connectivity index (χ0v) is 11.7. The topological polar surface area (TPSA) is 39.1 Å². The van der Waals surface area contributed by atoms with Crippen LogP contribution in [0.25, 0.3) is 0 Å². The first-order valence-corrected chi connectivity index (χ1v) is 6.66. The Hall–Kier alpha value is -0.800. The second kappa shape index (κ2) is 6.10. The molecule has 0 spiro atoms. The molecule has 19 heavy (non-hydrogen) atoms. The molecule has 1 saturated carbocycles. The fourth-order valence-electron chi connectivity index (χ4n) is 2.85. The van der Waals surface area contributed by atoms with E-state index in [4.69, 9.17) is 0 Å². The summed E-state index contributed by atoms with van der Waals surface area (Å²) in [5.41, 5.74) is -0.679. The molecule has 0 amide bonds. The molecule has 1 aliphatic carbocycles.